The second-order valence-corrected chi connectivity index (χ2v) is 30.5. The number of nitrogens with zero attached hydrogens (tertiary/aromatic N) is 6. The molecule has 0 amide bonds. The highest BCUT2D eigenvalue weighted by molar-refractivity contribution is 5.32. The van der Waals surface area contributed by atoms with Gasteiger partial charge < -0.3 is 28.7 Å². The fourth-order valence-electron chi connectivity index (χ4n) is 14.1. The Hall–Kier alpha value is -2.74. The Morgan fingerprint density at radius 2 is 0.786 bits per heavy atom. The van der Waals surface area contributed by atoms with Crippen LogP contribution >= 0.6 is 0 Å². The van der Waals surface area contributed by atoms with E-state index in [1.807, 2.05) is 13.8 Å². The van der Waals surface area contributed by atoms with E-state index in [0.717, 1.165) is 107 Å². The average Bonchev–Trinajstić information content (AvgIpc) is 2.28. The average molecular weight is 1170 g/mol. The second kappa shape index (κ2) is 34.3. The minimum atomic E-state index is -0.383. The molecule has 3 aromatic carbocycles. The fourth-order valence-corrected chi connectivity index (χ4v) is 14.1. The Balaban J connectivity index is 0.000000185. The molecule has 0 aliphatic carbocycles. The van der Waals surface area contributed by atoms with Gasteiger partial charge in [0.25, 0.3) is 0 Å². The van der Waals surface area contributed by atoms with E-state index < -0.39 is 0 Å². The van der Waals surface area contributed by atoms with Gasteiger partial charge in [-0.25, -0.2) is 0 Å². The highest BCUT2D eigenvalue weighted by Gasteiger charge is 2.51. The van der Waals surface area contributed by atoms with E-state index in [-0.39, 0.29) is 23.6 Å². The molecule has 0 saturated carbocycles. The zero-order valence-corrected chi connectivity index (χ0v) is 58.1. The molecular weight excluding hydrogens is 1040 g/mol. The van der Waals surface area contributed by atoms with Crippen LogP contribution in [-0.2, 0) is 57.8 Å². The number of hydrogen-bond donors (Lipinski definition) is 0. The zero-order chi connectivity index (χ0) is 62.1. The Kier molecular flexibility index (Phi) is 29.4. The number of fused-ring (bicyclic) bond motifs is 4. The topological polar surface area (TPSA) is 56.4 Å². The van der Waals surface area contributed by atoms with Crippen molar-refractivity contribution < 1.29 is 18.9 Å². The predicted molar refractivity (Wildman–Crippen MR) is 357 cm³/mol. The molecule has 0 radical (unpaired) electrons. The summed E-state index contributed by atoms with van der Waals surface area (Å²) >= 11 is 0. The van der Waals surface area contributed by atoms with Crippen LogP contribution in [0.2, 0.25) is 0 Å². The molecule has 0 spiro atoms. The molecule has 0 bridgehead atoms. The minimum absolute atomic E-state index is 0.0343. The Morgan fingerprint density at radius 1 is 0.417 bits per heavy atom. The third kappa shape index (κ3) is 24.7. The molecular formula is C74H128N6O4. The maximum absolute atomic E-state index is 6.01. The maximum Gasteiger partial charge on any atom is 0.163 e. The normalized spacial score (nSPS) is 27.0. The number of likely N-dealkylation sites (tertiary alicyclic amines) is 1. The van der Waals surface area contributed by atoms with Gasteiger partial charge in [0.05, 0.1) is 24.4 Å². The summed E-state index contributed by atoms with van der Waals surface area (Å²) in [5, 5.41) is 0. The summed E-state index contributed by atoms with van der Waals surface area (Å²) in [4.78, 5) is 14.6. The first-order valence-corrected chi connectivity index (χ1v) is 33.5. The molecule has 10 heteroatoms. The van der Waals surface area contributed by atoms with Crippen molar-refractivity contribution in [3.63, 3.8) is 0 Å². The Morgan fingerprint density at radius 3 is 1.15 bits per heavy atom. The van der Waals surface area contributed by atoms with Gasteiger partial charge in [0.2, 0.25) is 0 Å². The first-order chi connectivity index (χ1) is 39.5. The van der Waals surface area contributed by atoms with Crippen molar-refractivity contribution >= 4 is 0 Å². The lowest BCUT2D eigenvalue weighted by atomic mass is 9.90. The number of rotatable bonds is 12. The molecule has 7 aliphatic heterocycles. The molecule has 8 atom stereocenters. The van der Waals surface area contributed by atoms with Crippen LogP contribution in [0.15, 0.2) is 72.8 Å². The third-order valence-electron chi connectivity index (χ3n) is 17.9. The van der Waals surface area contributed by atoms with E-state index in [1.165, 1.54) is 74.5 Å². The lowest BCUT2D eigenvalue weighted by molar-refractivity contribution is -0.160. The highest BCUT2D eigenvalue weighted by Crippen LogP contribution is 2.38. The van der Waals surface area contributed by atoms with E-state index in [1.54, 1.807) is 16.7 Å². The van der Waals surface area contributed by atoms with Crippen molar-refractivity contribution in [3.05, 3.63) is 106 Å². The van der Waals surface area contributed by atoms with Crippen LogP contribution in [0.5, 0.6) is 0 Å². The quantitative estimate of drug-likeness (QED) is 0.175. The maximum atomic E-state index is 6.01. The summed E-state index contributed by atoms with van der Waals surface area (Å²) in [5.74, 6) is 4.20. The van der Waals surface area contributed by atoms with Crippen molar-refractivity contribution in [1.29, 1.82) is 0 Å². The van der Waals surface area contributed by atoms with Gasteiger partial charge in [-0.3, -0.25) is 19.6 Å². The highest BCUT2D eigenvalue weighted by atomic mass is 16.8. The van der Waals surface area contributed by atoms with Gasteiger partial charge in [-0.2, -0.15) is 0 Å². The molecule has 0 aromatic heterocycles. The number of likely N-dealkylation sites (N-methyl/N-ethyl adjacent to an activating group) is 6. The van der Waals surface area contributed by atoms with E-state index >= 15 is 0 Å². The third-order valence-corrected chi connectivity index (χ3v) is 17.9. The molecule has 4 saturated heterocycles. The number of morpholine rings is 2. The van der Waals surface area contributed by atoms with Crippen molar-refractivity contribution in [3.8, 4) is 0 Å². The van der Waals surface area contributed by atoms with Crippen LogP contribution in [0.1, 0.15) is 183 Å². The standard InChI is InChI=1S/3C14H21N.C12H23NO2.C11H23NO.C9H19NO/c3*1-11(2)8-14-9-12-6-4-5-7-13(12)10-15(14)3;1-8(2)6-9-11-10(7-13(9)5)14-12(3,4)15-11;1-9(2)6-10-7-12(5)8-11(3,4)13-10;1-8(2)6-9-7-10(3)4-5-11-9/h3*4-7,11,14H,8-10H2,1-3H3;8-11H,6-7H2,1-5H3;9-10H,6-8H2,1-5H3;8-9H,4-7H2,1-3H3/t2*14-;;;10-;9-/m10..00/s1. The van der Waals surface area contributed by atoms with Gasteiger partial charge in [-0.15, -0.1) is 0 Å². The van der Waals surface area contributed by atoms with Crippen LogP contribution in [0.4, 0.5) is 0 Å². The monoisotopic (exact) mass is 1160 g/mol. The second-order valence-electron chi connectivity index (χ2n) is 30.5. The summed E-state index contributed by atoms with van der Waals surface area (Å²) in [6.07, 6.45) is 12.6. The van der Waals surface area contributed by atoms with Crippen LogP contribution < -0.4 is 0 Å². The summed E-state index contributed by atoms with van der Waals surface area (Å²) in [7, 11) is 13.3. The number of ether oxygens (including phenoxy) is 4. The van der Waals surface area contributed by atoms with Crippen LogP contribution in [0, 0.1) is 35.5 Å². The smallest absolute Gasteiger partial charge is 0.163 e. The van der Waals surface area contributed by atoms with Gasteiger partial charge in [-0.1, -0.05) is 156 Å². The molecule has 10 nitrogen and oxygen atoms in total. The summed E-state index contributed by atoms with van der Waals surface area (Å²) < 4.78 is 23.5. The lowest BCUT2D eigenvalue weighted by Gasteiger charge is -2.41. The summed E-state index contributed by atoms with van der Waals surface area (Å²) in [5.41, 5.74) is 9.25. The first kappa shape index (κ1) is 72.0. The molecule has 4 unspecified atom stereocenters. The Bertz CT molecular complexity index is 2150. The van der Waals surface area contributed by atoms with Crippen molar-refractivity contribution in [2.24, 2.45) is 35.5 Å². The molecule has 0 N–H and O–H groups in total. The molecule has 84 heavy (non-hydrogen) atoms. The van der Waals surface area contributed by atoms with Gasteiger partial charge >= 0.3 is 0 Å². The zero-order valence-electron chi connectivity index (χ0n) is 58.1. The number of benzene rings is 3. The van der Waals surface area contributed by atoms with Crippen LogP contribution in [0.25, 0.3) is 0 Å². The lowest BCUT2D eigenvalue weighted by Crippen LogP contribution is -2.51. The van der Waals surface area contributed by atoms with Crippen LogP contribution in [0.3, 0.4) is 0 Å². The van der Waals surface area contributed by atoms with E-state index in [9.17, 15) is 0 Å². The molecule has 10 rings (SSSR count). The van der Waals surface area contributed by atoms with E-state index in [2.05, 4.69) is 241 Å². The molecule has 7 aliphatic rings. The largest absolute Gasteiger partial charge is 0.376 e. The molecule has 7 heterocycles. The van der Waals surface area contributed by atoms with Gasteiger partial charge in [-0.05, 0) is 197 Å². The summed E-state index contributed by atoms with van der Waals surface area (Å²) in [6, 6.07) is 29.3. The van der Waals surface area contributed by atoms with Gasteiger partial charge in [0.1, 0.15) is 12.2 Å². The molecule has 3 aromatic rings. The Labute approximate surface area is 517 Å². The fraction of sp³-hybridized carbons (Fsp3) is 0.757. The van der Waals surface area contributed by atoms with E-state index in [0.29, 0.717) is 24.2 Å². The van der Waals surface area contributed by atoms with Crippen molar-refractivity contribution in [1.82, 2.24) is 29.4 Å². The summed E-state index contributed by atoms with van der Waals surface area (Å²) in [6.45, 7) is 45.4. The minimum Gasteiger partial charge on any atom is -0.376 e. The number of hydrogen-bond acceptors (Lipinski definition) is 10. The predicted octanol–water partition coefficient (Wildman–Crippen LogP) is 14.6. The SMILES string of the molecule is CC(C)CC1C2OC(C)(C)OC2CN1C.CC(C)CC1Cc2ccccc2CN1C.CC(C)C[C@@H]1Cc2ccccc2CN1C.CC(C)C[C@H]1CN(C)CC(C)(C)O1.CC(C)C[C@H]1CN(C)CCO1.CC(C)C[C@H]1Cc2ccccc2CN1C. The van der Waals surface area contributed by atoms with Gasteiger partial charge in [0.15, 0.2) is 5.79 Å². The van der Waals surface area contributed by atoms with Crippen LogP contribution in [-0.4, -0.2) is 171 Å². The van der Waals surface area contributed by atoms with Gasteiger partial charge in [0, 0.05) is 76.5 Å². The van der Waals surface area contributed by atoms with Crippen molar-refractivity contribution in [2.45, 2.75) is 248 Å². The van der Waals surface area contributed by atoms with Crippen molar-refractivity contribution in [2.75, 3.05) is 81.6 Å². The van der Waals surface area contributed by atoms with E-state index in [4.69, 9.17) is 18.9 Å². The molecule has 4 fully saturated rings. The first-order valence-electron chi connectivity index (χ1n) is 33.5. The molecule has 478 valence electrons.